The van der Waals surface area contributed by atoms with E-state index in [4.69, 9.17) is 4.52 Å². The maximum atomic E-state index is 12.4. The molecule has 9 nitrogen and oxygen atoms in total. The highest BCUT2D eigenvalue weighted by Crippen LogP contribution is 2.27. The van der Waals surface area contributed by atoms with Crippen LogP contribution in [0.15, 0.2) is 53.2 Å². The van der Waals surface area contributed by atoms with Gasteiger partial charge in [0.05, 0.1) is 6.54 Å². The quantitative estimate of drug-likeness (QED) is 0.343. The Morgan fingerprint density at radius 2 is 1.86 bits per heavy atom. The molecule has 1 N–H and O–H groups in total. The standard InChI is InChI=1S/C25H26F3N7O2/c1-17-14-21(24-31-23(33-37-24)19-4-6-20(7-5-19)36-25(26,27)28)32-35(17)16-18-8-9-29-22(15-18)30-10-13-34-11-2-3-12-34/h4-9,14-15H,2-3,10-13,16H2,1H3,(H,29,30). The molecule has 0 unspecified atom stereocenters. The highest BCUT2D eigenvalue weighted by atomic mass is 19.4. The molecule has 1 aliphatic rings. The van der Waals surface area contributed by atoms with Crippen molar-refractivity contribution in [3.63, 3.8) is 0 Å². The Kier molecular flexibility index (Phi) is 7.08. The highest BCUT2D eigenvalue weighted by Gasteiger charge is 2.31. The number of ether oxygens (including phenoxy) is 1. The van der Waals surface area contributed by atoms with Gasteiger partial charge in [-0.2, -0.15) is 10.1 Å². The number of aryl methyl sites for hydroxylation is 1. The first-order valence-electron chi connectivity index (χ1n) is 12.0. The Hall–Kier alpha value is -3.93. The van der Waals surface area contributed by atoms with E-state index in [1.54, 1.807) is 6.20 Å². The number of nitrogens with one attached hydrogen (secondary N) is 1. The van der Waals surface area contributed by atoms with Crippen LogP contribution < -0.4 is 10.1 Å². The summed E-state index contributed by atoms with van der Waals surface area (Å²) in [7, 11) is 0. The van der Waals surface area contributed by atoms with Crippen LogP contribution in [0.3, 0.4) is 0 Å². The molecule has 194 valence electrons. The van der Waals surface area contributed by atoms with Crippen molar-refractivity contribution in [1.29, 1.82) is 0 Å². The minimum Gasteiger partial charge on any atom is -0.406 e. The number of alkyl halides is 3. The lowest BCUT2D eigenvalue weighted by atomic mass is 10.2. The van der Waals surface area contributed by atoms with Gasteiger partial charge in [-0.05, 0) is 80.9 Å². The molecule has 0 amide bonds. The van der Waals surface area contributed by atoms with Crippen LogP contribution >= 0.6 is 0 Å². The molecule has 1 fully saturated rings. The first-order chi connectivity index (χ1) is 17.8. The van der Waals surface area contributed by atoms with Gasteiger partial charge in [-0.15, -0.1) is 13.2 Å². The van der Waals surface area contributed by atoms with Crippen molar-refractivity contribution in [2.24, 2.45) is 0 Å². The van der Waals surface area contributed by atoms with Crippen molar-refractivity contribution in [3.8, 4) is 28.7 Å². The van der Waals surface area contributed by atoms with Gasteiger partial charge in [-0.25, -0.2) is 4.98 Å². The van der Waals surface area contributed by atoms with Gasteiger partial charge in [-0.1, -0.05) is 5.16 Å². The highest BCUT2D eigenvalue weighted by molar-refractivity contribution is 5.59. The Bertz CT molecular complexity index is 1330. The molecule has 0 aliphatic carbocycles. The topological polar surface area (TPSA) is 94.1 Å². The molecular formula is C25H26F3N7O2. The lowest BCUT2D eigenvalue weighted by molar-refractivity contribution is -0.274. The first kappa shape index (κ1) is 24.8. The summed E-state index contributed by atoms with van der Waals surface area (Å²) in [6.07, 6.45) is -0.419. The first-order valence-corrected chi connectivity index (χ1v) is 12.0. The van der Waals surface area contributed by atoms with Crippen molar-refractivity contribution in [1.82, 2.24) is 29.8 Å². The molecule has 0 spiro atoms. The van der Waals surface area contributed by atoms with E-state index in [0.29, 0.717) is 17.8 Å². The summed E-state index contributed by atoms with van der Waals surface area (Å²) in [6.45, 7) is 6.66. The third kappa shape index (κ3) is 6.45. The van der Waals surface area contributed by atoms with E-state index in [-0.39, 0.29) is 17.5 Å². The molecule has 0 radical (unpaired) electrons. The van der Waals surface area contributed by atoms with Crippen molar-refractivity contribution < 1.29 is 22.4 Å². The fourth-order valence-electron chi connectivity index (χ4n) is 4.22. The van der Waals surface area contributed by atoms with Crippen LogP contribution in [0.1, 0.15) is 24.1 Å². The maximum Gasteiger partial charge on any atom is 0.573 e. The number of nitrogens with zero attached hydrogens (tertiary/aromatic N) is 6. The van der Waals surface area contributed by atoms with Crippen LogP contribution in [0.4, 0.5) is 19.0 Å². The molecule has 5 rings (SSSR count). The van der Waals surface area contributed by atoms with Crippen molar-refractivity contribution in [2.75, 3.05) is 31.5 Å². The fraction of sp³-hybridized carbons (Fsp3) is 0.360. The summed E-state index contributed by atoms with van der Waals surface area (Å²) in [5.74, 6) is 0.955. The van der Waals surface area contributed by atoms with E-state index < -0.39 is 6.36 Å². The summed E-state index contributed by atoms with van der Waals surface area (Å²) in [4.78, 5) is 11.2. The number of hydrogen-bond acceptors (Lipinski definition) is 8. The van der Waals surface area contributed by atoms with Gasteiger partial charge in [0, 0.05) is 30.5 Å². The molecule has 1 aliphatic heterocycles. The Labute approximate surface area is 211 Å². The zero-order chi connectivity index (χ0) is 25.8. The number of aromatic nitrogens is 5. The molecule has 37 heavy (non-hydrogen) atoms. The third-order valence-electron chi connectivity index (χ3n) is 6.06. The molecule has 4 heterocycles. The number of likely N-dealkylation sites (tertiary alicyclic amines) is 1. The molecule has 0 saturated carbocycles. The summed E-state index contributed by atoms with van der Waals surface area (Å²) in [5.41, 5.74) is 2.95. The van der Waals surface area contributed by atoms with Crippen LogP contribution in [-0.2, 0) is 6.54 Å². The summed E-state index contributed by atoms with van der Waals surface area (Å²) in [6, 6.07) is 11.1. The Balaban J connectivity index is 1.23. The second kappa shape index (κ2) is 10.6. The second-order valence-electron chi connectivity index (χ2n) is 8.85. The number of pyridine rings is 1. The monoisotopic (exact) mass is 513 g/mol. The molecule has 1 aromatic carbocycles. The van der Waals surface area contributed by atoms with E-state index in [1.165, 1.54) is 50.2 Å². The molecule has 1 saturated heterocycles. The van der Waals surface area contributed by atoms with Gasteiger partial charge >= 0.3 is 6.36 Å². The van der Waals surface area contributed by atoms with Crippen molar-refractivity contribution in [3.05, 3.63) is 59.9 Å². The van der Waals surface area contributed by atoms with Crippen LogP contribution in [0.5, 0.6) is 5.75 Å². The van der Waals surface area contributed by atoms with Crippen molar-refractivity contribution >= 4 is 5.82 Å². The fourth-order valence-corrected chi connectivity index (χ4v) is 4.22. The minimum atomic E-state index is -4.75. The molecule has 3 aromatic heterocycles. The summed E-state index contributed by atoms with van der Waals surface area (Å²) in [5, 5.41) is 11.9. The van der Waals surface area contributed by atoms with Gasteiger partial charge in [-0.3, -0.25) is 4.68 Å². The van der Waals surface area contributed by atoms with Gasteiger partial charge < -0.3 is 19.5 Å². The largest absolute Gasteiger partial charge is 0.573 e. The Morgan fingerprint density at radius 1 is 1.08 bits per heavy atom. The molecule has 0 bridgehead atoms. The number of anilines is 1. The van der Waals surface area contributed by atoms with Crippen LogP contribution in [0.25, 0.3) is 23.0 Å². The number of rotatable bonds is 9. The lowest BCUT2D eigenvalue weighted by Crippen LogP contribution is -2.26. The average molecular weight is 514 g/mol. The summed E-state index contributed by atoms with van der Waals surface area (Å²) >= 11 is 0. The van der Waals surface area contributed by atoms with Crippen molar-refractivity contribution in [2.45, 2.75) is 32.7 Å². The average Bonchev–Trinajstić information content (AvgIpc) is 3.61. The zero-order valence-corrected chi connectivity index (χ0v) is 20.2. The third-order valence-corrected chi connectivity index (χ3v) is 6.06. The van der Waals surface area contributed by atoms with Gasteiger partial charge in [0.2, 0.25) is 5.82 Å². The predicted molar refractivity (Wildman–Crippen MR) is 130 cm³/mol. The summed E-state index contributed by atoms with van der Waals surface area (Å²) < 4.78 is 48.2. The van der Waals surface area contributed by atoms with Crippen LogP contribution in [-0.4, -0.2) is 62.3 Å². The van der Waals surface area contributed by atoms with Gasteiger partial charge in [0.25, 0.3) is 5.89 Å². The van der Waals surface area contributed by atoms with E-state index in [2.05, 4.69) is 35.2 Å². The smallest absolute Gasteiger partial charge is 0.406 e. The van der Waals surface area contributed by atoms with Crippen LogP contribution in [0, 0.1) is 6.92 Å². The van der Waals surface area contributed by atoms with Gasteiger partial charge in [0.15, 0.2) is 5.69 Å². The van der Waals surface area contributed by atoms with E-state index >= 15 is 0 Å². The molecule has 0 atom stereocenters. The zero-order valence-electron chi connectivity index (χ0n) is 20.2. The molecular weight excluding hydrogens is 487 g/mol. The van der Waals surface area contributed by atoms with E-state index in [9.17, 15) is 13.2 Å². The van der Waals surface area contributed by atoms with Gasteiger partial charge in [0.1, 0.15) is 11.6 Å². The number of hydrogen-bond donors (Lipinski definition) is 1. The van der Waals surface area contributed by atoms with Crippen LogP contribution in [0.2, 0.25) is 0 Å². The predicted octanol–water partition coefficient (Wildman–Crippen LogP) is 4.76. The Morgan fingerprint density at radius 3 is 2.62 bits per heavy atom. The SMILES string of the molecule is Cc1cc(-c2nc(-c3ccc(OC(F)(F)F)cc3)no2)nn1Cc1ccnc(NCCN2CCCC2)c1. The minimum absolute atomic E-state index is 0.214. The number of halogens is 3. The maximum absolute atomic E-state index is 12.4. The lowest BCUT2D eigenvalue weighted by Gasteiger charge is -2.15. The molecule has 12 heteroatoms. The normalized spacial score (nSPS) is 14.3. The van der Waals surface area contributed by atoms with E-state index in [1.807, 2.05) is 29.8 Å². The molecule has 4 aromatic rings. The van der Waals surface area contributed by atoms with E-state index in [0.717, 1.165) is 30.2 Å². The second-order valence-corrected chi connectivity index (χ2v) is 8.85. The number of benzene rings is 1.